The van der Waals surface area contributed by atoms with Crippen LogP contribution < -0.4 is 0 Å². The smallest absolute Gasteiger partial charge is 0.0710 e. The number of hydrogen-bond acceptors (Lipinski definition) is 4. The van der Waals surface area contributed by atoms with Crippen LogP contribution in [0.4, 0.5) is 0 Å². The number of aliphatic imine (C=N–C) groups is 2. The highest BCUT2D eigenvalue weighted by molar-refractivity contribution is 7.77. The quantitative estimate of drug-likeness (QED) is 0.134. The predicted octanol–water partition coefficient (Wildman–Crippen LogP) is 10.9. The van der Waals surface area contributed by atoms with E-state index in [1.165, 1.54) is 16.7 Å². The van der Waals surface area contributed by atoms with E-state index < -0.39 is 0 Å². The molecule has 0 bridgehead atoms. The minimum Gasteiger partial charge on any atom is -0.285 e. The molecule has 0 spiro atoms. The number of thiocarbonyl (C=S) groups is 1. The molecule has 0 radical (unpaired) electrons. The zero-order valence-corrected chi connectivity index (χ0v) is 26.7. The van der Waals surface area contributed by atoms with Gasteiger partial charge in [-0.2, -0.15) is 0 Å². The molecular weight excluding hydrogens is 567 g/mol. The molecule has 0 unspecified atom stereocenters. The summed E-state index contributed by atoms with van der Waals surface area (Å²) in [5, 5.41) is 1.13. The minimum atomic E-state index is 0.658. The normalized spacial score (nSPS) is 10.6. The molecule has 4 heteroatoms. The Morgan fingerprint density at radius 2 is 1.29 bits per heavy atom. The van der Waals surface area contributed by atoms with Crippen LogP contribution in [-0.4, -0.2) is 23.3 Å². The summed E-state index contributed by atoms with van der Waals surface area (Å²) in [6, 6.07) is 47.8. The average Bonchev–Trinajstić information content (AvgIpc) is 3.12. The first kappa shape index (κ1) is 32.6. The lowest BCUT2D eigenvalue weighted by Crippen LogP contribution is -1.95. The van der Waals surface area contributed by atoms with Gasteiger partial charge < -0.3 is 0 Å². The summed E-state index contributed by atoms with van der Waals surface area (Å²) in [7, 11) is 0. The Hall–Kier alpha value is -5.32. The molecule has 0 aliphatic heterocycles. The van der Waals surface area contributed by atoms with Crippen molar-refractivity contribution < 1.29 is 0 Å². The summed E-state index contributed by atoms with van der Waals surface area (Å²) < 4.78 is 0. The molecule has 0 N–H and O–H groups in total. The summed E-state index contributed by atoms with van der Waals surface area (Å²) in [4.78, 5) is 13.5. The minimum absolute atomic E-state index is 0.658. The van der Waals surface area contributed by atoms with Crippen molar-refractivity contribution in [1.29, 1.82) is 0 Å². The second-order valence-corrected chi connectivity index (χ2v) is 10.4. The number of aryl methyl sites for hydroxylation is 1. The topological polar surface area (TPSA) is 37.6 Å². The Morgan fingerprint density at radius 3 is 1.98 bits per heavy atom. The second kappa shape index (κ2) is 16.5. The summed E-state index contributed by atoms with van der Waals surface area (Å²) >= 11 is 3.83. The van der Waals surface area contributed by atoms with E-state index in [1.54, 1.807) is 0 Å². The van der Waals surface area contributed by atoms with Gasteiger partial charge in [0.25, 0.3) is 0 Å². The molecule has 5 aromatic carbocycles. The molecule has 0 saturated heterocycles. The van der Waals surface area contributed by atoms with Gasteiger partial charge in [0.1, 0.15) is 0 Å². The number of rotatable bonds is 7. The molecule has 1 heterocycles. The zero-order valence-electron chi connectivity index (χ0n) is 25.9. The van der Waals surface area contributed by atoms with E-state index in [0.717, 1.165) is 51.1 Å². The van der Waals surface area contributed by atoms with Gasteiger partial charge in [0.15, 0.2) is 0 Å². The van der Waals surface area contributed by atoms with E-state index in [0.29, 0.717) is 5.70 Å². The Labute approximate surface area is 272 Å². The van der Waals surface area contributed by atoms with E-state index in [1.807, 2.05) is 54.6 Å². The number of para-hydroxylation sites is 1. The van der Waals surface area contributed by atoms with Crippen molar-refractivity contribution >= 4 is 47.1 Å². The average molecular weight is 604 g/mol. The van der Waals surface area contributed by atoms with Crippen molar-refractivity contribution in [3.63, 3.8) is 0 Å². The van der Waals surface area contributed by atoms with Gasteiger partial charge in [0.05, 0.1) is 23.5 Å². The molecule has 0 atom stereocenters. The highest BCUT2D eigenvalue weighted by Crippen LogP contribution is 2.31. The third-order valence-electron chi connectivity index (χ3n) is 7.27. The van der Waals surface area contributed by atoms with E-state index >= 15 is 0 Å². The maximum atomic E-state index is 4.84. The van der Waals surface area contributed by atoms with Crippen LogP contribution in [0.25, 0.3) is 39.0 Å². The first-order valence-corrected chi connectivity index (χ1v) is 15.2. The van der Waals surface area contributed by atoms with Gasteiger partial charge in [-0.3, -0.25) is 9.98 Å². The number of pyridine rings is 1. The van der Waals surface area contributed by atoms with Crippen molar-refractivity contribution in [3.05, 3.63) is 168 Å². The summed E-state index contributed by atoms with van der Waals surface area (Å²) in [5.74, 6) is 2.83. The standard InChI is InChI=1S/C25H20N2.C15H15N.CH2S/c1-17-8-10-19(11-9-17)22-14-21(18(2)26-3)15-23(16-22)25-13-12-20-6-4-5-7-24(20)27-25;1-13(15-10-6-3-7-11-15)16-12-14-8-4-2-5-9-14;1-2/h4-16H,2-3H2,1H3;2-11H,12H2,1H3;1H2. The van der Waals surface area contributed by atoms with Gasteiger partial charge in [-0.15, -0.1) is 0 Å². The molecule has 0 aliphatic carbocycles. The third-order valence-corrected chi connectivity index (χ3v) is 7.27. The number of nitrogens with zero attached hydrogens (tertiary/aromatic N) is 3. The van der Waals surface area contributed by atoms with E-state index in [9.17, 15) is 0 Å². The van der Waals surface area contributed by atoms with Crippen molar-refractivity contribution in [2.45, 2.75) is 20.4 Å². The van der Waals surface area contributed by atoms with Crippen LogP contribution in [0.5, 0.6) is 0 Å². The Bertz CT molecular complexity index is 1890. The van der Waals surface area contributed by atoms with Crippen LogP contribution in [0.3, 0.4) is 0 Å². The summed E-state index contributed by atoms with van der Waals surface area (Å²) in [5.41, 5.74) is 11.6. The monoisotopic (exact) mass is 603 g/mol. The van der Waals surface area contributed by atoms with Crippen LogP contribution in [0, 0.1) is 6.92 Å². The highest BCUT2D eigenvalue weighted by atomic mass is 32.1. The Balaban J connectivity index is 0.000000219. The first-order valence-electron chi connectivity index (χ1n) is 14.6. The van der Waals surface area contributed by atoms with Gasteiger partial charge in [0.2, 0.25) is 0 Å². The van der Waals surface area contributed by atoms with Gasteiger partial charge in [-0.25, -0.2) is 4.98 Å². The molecule has 1 aromatic heterocycles. The Kier molecular flexibility index (Phi) is 12.0. The van der Waals surface area contributed by atoms with E-state index in [4.69, 9.17) is 4.98 Å². The van der Waals surface area contributed by atoms with Crippen molar-refractivity contribution in [2.24, 2.45) is 9.98 Å². The van der Waals surface area contributed by atoms with Crippen LogP contribution in [0.2, 0.25) is 0 Å². The molecular formula is C41H37N3S. The molecule has 0 saturated carbocycles. The van der Waals surface area contributed by atoms with Crippen molar-refractivity contribution in [1.82, 2.24) is 4.98 Å². The fourth-order valence-corrected chi connectivity index (χ4v) is 4.74. The van der Waals surface area contributed by atoms with Gasteiger partial charge in [-0.1, -0.05) is 134 Å². The lowest BCUT2D eigenvalue weighted by molar-refractivity contribution is 1.06. The second-order valence-electron chi connectivity index (χ2n) is 10.4. The summed E-state index contributed by atoms with van der Waals surface area (Å²) in [6.07, 6.45) is 0. The van der Waals surface area contributed by atoms with Crippen LogP contribution >= 0.6 is 12.2 Å². The van der Waals surface area contributed by atoms with Crippen LogP contribution in [-0.2, 0) is 6.54 Å². The molecule has 222 valence electrons. The van der Waals surface area contributed by atoms with E-state index in [-0.39, 0.29) is 0 Å². The number of benzene rings is 5. The zero-order chi connectivity index (χ0) is 32.0. The first-order chi connectivity index (χ1) is 22.0. The molecule has 6 rings (SSSR count). The van der Waals surface area contributed by atoms with Crippen molar-refractivity contribution in [3.8, 4) is 22.4 Å². The molecule has 3 nitrogen and oxygen atoms in total. The molecule has 6 aromatic rings. The SMILES string of the molecule is C=NC(=C)c1cc(-c2ccc(C)cc2)cc(-c2ccc3ccccc3n2)c1.C=S.CC(=NCc1ccccc1)c1ccccc1. The lowest BCUT2D eigenvalue weighted by Gasteiger charge is -2.11. The number of fused-ring (bicyclic) bond motifs is 1. The predicted molar refractivity (Wildman–Crippen MR) is 199 cm³/mol. The molecule has 0 fully saturated rings. The maximum Gasteiger partial charge on any atom is 0.0710 e. The highest BCUT2D eigenvalue weighted by Gasteiger charge is 2.09. The molecule has 45 heavy (non-hydrogen) atoms. The Morgan fingerprint density at radius 1 is 0.667 bits per heavy atom. The maximum absolute atomic E-state index is 4.84. The summed E-state index contributed by atoms with van der Waals surface area (Å²) in [6.45, 7) is 12.6. The fourth-order valence-electron chi connectivity index (χ4n) is 4.74. The lowest BCUT2D eigenvalue weighted by atomic mass is 9.96. The van der Waals surface area contributed by atoms with Crippen LogP contribution in [0.1, 0.15) is 29.2 Å². The largest absolute Gasteiger partial charge is 0.285 e. The van der Waals surface area contributed by atoms with Crippen LogP contribution in [0.15, 0.2) is 156 Å². The van der Waals surface area contributed by atoms with E-state index in [2.05, 4.69) is 140 Å². The third kappa shape index (κ3) is 9.09. The number of hydrogen-bond donors (Lipinski definition) is 0. The number of aromatic nitrogens is 1. The van der Waals surface area contributed by atoms with Crippen molar-refractivity contribution in [2.75, 3.05) is 0 Å². The van der Waals surface area contributed by atoms with Gasteiger partial charge >= 0.3 is 0 Å². The fraction of sp³-hybridized carbons (Fsp3) is 0.0732. The van der Waals surface area contributed by atoms with Gasteiger partial charge in [0, 0.05) is 22.2 Å². The molecule has 0 aliphatic rings. The molecule has 0 amide bonds. The van der Waals surface area contributed by atoms with Gasteiger partial charge in [-0.05, 0) is 79.0 Å².